The van der Waals surface area contributed by atoms with Crippen LogP contribution in [0.3, 0.4) is 0 Å². The zero-order chi connectivity index (χ0) is 19.6. The van der Waals surface area contributed by atoms with Crippen LogP contribution >= 0.6 is 0 Å². The van der Waals surface area contributed by atoms with Gasteiger partial charge in [-0.3, -0.25) is 4.79 Å². The lowest BCUT2D eigenvalue weighted by molar-refractivity contribution is -0.149. The highest BCUT2D eigenvalue weighted by molar-refractivity contribution is 7.90. The van der Waals surface area contributed by atoms with E-state index in [4.69, 9.17) is 4.74 Å². The van der Waals surface area contributed by atoms with Gasteiger partial charge in [-0.15, -0.1) is 4.40 Å². The fourth-order valence-corrected chi connectivity index (χ4v) is 3.38. The minimum atomic E-state index is -3.48. The van der Waals surface area contributed by atoms with Gasteiger partial charge in [-0.25, -0.2) is 17.6 Å². The van der Waals surface area contributed by atoms with E-state index in [0.29, 0.717) is 0 Å². The van der Waals surface area contributed by atoms with Crippen LogP contribution in [0.4, 0.5) is 10.1 Å². The van der Waals surface area contributed by atoms with Crippen LogP contribution in [-0.4, -0.2) is 49.4 Å². The first-order chi connectivity index (χ1) is 12.7. The van der Waals surface area contributed by atoms with E-state index in [-0.39, 0.29) is 29.4 Å². The van der Waals surface area contributed by atoms with Gasteiger partial charge < -0.3 is 15.0 Å². The number of benzene rings is 1. The molecule has 0 spiro atoms. The van der Waals surface area contributed by atoms with Gasteiger partial charge in [-0.2, -0.15) is 0 Å². The SMILES string of the molecule is CC(OC(=O)C1=CN2CCS(=O)(=O)N=C2C=C1)C(=O)Nc1cccc(F)c1. The second kappa shape index (κ2) is 7.31. The summed E-state index contributed by atoms with van der Waals surface area (Å²) in [5.41, 5.74) is 0.397. The Labute approximate surface area is 155 Å². The topological polar surface area (TPSA) is 105 Å². The van der Waals surface area contributed by atoms with Crippen LogP contribution in [0.2, 0.25) is 0 Å². The number of carbonyl (C=O) groups excluding carboxylic acids is 2. The number of nitrogens with zero attached hydrogens (tertiary/aromatic N) is 2. The van der Waals surface area contributed by atoms with Crippen molar-refractivity contribution < 1.29 is 27.1 Å². The Morgan fingerprint density at radius 2 is 2.11 bits per heavy atom. The maximum atomic E-state index is 13.2. The molecule has 27 heavy (non-hydrogen) atoms. The van der Waals surface area contributed by atoms with Crippen molar-refractivity contribution in [2.45, 2.75) is 13.0 Å². The molecule has 10 heteroatoms. The van der Waals surface area contributed by atoms with Crippen LogP contribution in [0.25, 0.3) is 0 Å². The molecule has 1 unspecified atom stereocenters. The van der Waals surface area contributed by atoms with E-state index in [1.807, 2.05) is 0 Å². The Balaban J connectivity index is 1.63. The number of sulfonamides is 1. The van der Waals surface area contributed by atoms with Crippen molar-refractivity contribution >= 4 is 33.4 Å². The first-order valence-electron chi connectivity index (χ1n) is 8.00. The molecule has 0 radical (unpaired) electrons. The van der Waals surface area contributed by atoms with Crippen molar-refractivity contribution in [3.63, 3.8) is 0 Å². The number of hydrogen-bond donors (Lipinski definition) is 1. The van der Waals surface area contributed by atoms with E-state index in [2.05, 4.69) is 9.71 Å². The zero-order valence-corrected chi connectivity index (χ0v) is 15.1. The molecule has 2 aliphatic heterocycles. The number of fused-ring (bicyclic) bond motifs is 1. The summed E-state index contributed by atoms with van der Waals surface area (Å²) >= 11 is 0. The third kappa shape index (κ3) is 4.59. The fraction of sp³-hybridized carbons (Fsp3) is 0.235. The summed E-state index contributed by atoms with van der Waals surface area (Å²) < 4.78 is 44.9. The fourth-order valence-electron chi connectivity index (χ4n) is 2.41. The smallest absolute Gasteiger partial charge is 0.340 e. The van der Waals surface area contributed by atoms with Gasteiger partial charge in [0.2, 0.25) is 0 Å². The minimum Gasteiger partial charge on any atom is -0.449 e. The van der Waals surface area contributed by atoms with Crippen molar-refractivity contribution in [2.24, 2.45) is 4.40 Å². The molecule has 0 saturated carbocycles. The number of amidine groups is 1. The Hall–Kier alpha value is -3.01. The number of halogens is 1. The van der Waals surface area contributed by atoms with E-state index in [0.717, 1.165) is 6.07 Å². The number of ether oxygens (including phenoxy) is 1. The molecular formula is C17H16FN3O5S. The predicted octanol–water partition coefficient (Wildman–Crippen LogP) is 1.19. The number of hydrogen-bond acceptors (Lipinski definition) is 6. The van der Waals surface area contributed by atoms with E-state index in [1.165, 1.54) is 48.4 Å². The molecule has 142 valence electrons. The molecule has 0 bridgehead atoms. The van der Waals surface area contributed by atoms with Crippen molar-refractivity contribution in [2.75, 3.05) is 17.6 Å². The van der Waals surface area contributed by atoms with Crippen molar-refractivity contribution in [3.8, 4) is 0 Å². The van der Waals surface area contributed by atoms with E-state index < -0.39 is 33.8 Å². The number of amides is 1. The lowest BCUT2D eigenvalue weighted by Crippen LogP contribution is -2.37. The Bertz CT molecular complexity index is 984. The summed E-state index contributed by atoms with van der Waals surface area (Å²) in [7, 11) is -3.48. The quantitative estimate of drug-likeness (QED) is 0.771. The van der Waals surface area contributed by atoms with Crippen LogP contribution in [-0.2, 0) is 24.3 Å². The molecule has 0 aromatic heterocycles. The standard InChI is InChI=1S/C17H16FN3O5S/c1-11(16(22)19-14-4-2-3-13(18)9-14)26-17(23)12-5-6-15-20-27(24,25)8-7-21(15)10-12/h2-6,9-11H,7-8H2,1H3,(H,19,22). The summed E-state index contributed by atoms with van der Waals surface area (Å²) in [6, 6.07) is 5.33. The number of anilines is 1. The molecular weight excluding hydrogens is 377 g/mol. The molecule has 0 fully saturated rings. The third-order valence-electron chi connectivity index (χ3n) is 3.80. The molecule has 2 heterocycles. The van der Waals surface area contributed by atoms with Gasteiger partial charge in [-0.1, -0.05) is 6.07 Å². The lowest BCUT2D eigenvalue weighted by atomic mass is 10.2. The van der Waals surface area contributed by atoms with Crippen LogP contribution in [0.1, 0.15) is 6.92 Å². The van der Waals surface area contributed by atoms with Gasteiger partial charge >= 0.3 is 5.97 Å². The molecule has 1 atom stereocenters. The summed E-state index contributed by atoms with van der Waals surface area (Å²) in [5.74, 6) is -1.80. The molecule has 1 N–H and O–H groups in total. The van der Waals surface area contributed by atoms with Gasteiger partial charge in [0.15, 0.2) is 6.10 Å². The first-order valence-corrected chi connectivity index (χ1v) is 9.61. The second-order valence-electron chi connectivity index (χ2n) is 5.89. The minimum absolute atomic E-state index is 0.152. The van der Waals surface area contributed by atoms with Gasteiger partial charge in [0, 0.05) is 18.4 Å². The van der Waals surface area contributed by atoms with Crippen LogP contribution in [0.5, 0.6) is 0 Å². The molecule has 1 aromatic carbocycles. The van der Waals surface area contributed by atoms with Gasteiger partial charge in [0.25, 0.3) is 15.9 Å². The largest absolute Gasteiger partial charge is 0.449 e. The molecule has 8 nitrogen and oxygen atoms in total. The van der Waals surface area contributed by atoms with Gasteiger partial charge in [0.1, 0.15) is 11.7 Å². The lowest BCUT2D eigenvalue weighted by Gasteiger charge is -2.27. The summed E-state index contributed by atoms with van der Waals surface area (Å²) in [6.07, 6.45) is 3.07. The Morgan fingerprint density at radius 3 is 2.85 bits per heavy atom. The Morgan fingerprint density at radius 1 is 1.33 bits per heavy atom. The maximum Gasteiger partial charge on any atom is 0.340 e. The third-order valence-corrected chi connectivity index (χ3v) is 4.97. The highest BCUT2D eigenvalue weighted by Crippen LogP contribution is 2.17. The van der Waals surface area contributed by atoms with Gasteiger partial charge in [0.05, 0.1) is 11.3 Å². The van der Waals surface area contributed by atoms with Crippen molar-refractivity contribution in [3.05, 3.63) is 54.0 Å². The summed E-state index contributed by atoms with van der Waals surface area (Å²) in [5, 5.41) is 2.46. The number of esters is 1. The number of carbonyl (C=O) groups is 2. The zero-order valence-electron chi connectivity index (χ0n) is 14.3. The molecule has 2 aliphatic rings. The first kappa shape index (κ1) is 18.8. The van der Waals surface area contributed by atoms with Crippen molar-refractivity contribution in [1.29, 1.82) is 0 Å². The van der Waals surface area contributed by atoms with E-state index in [1.54, 1.807) is 0 Å². The highest BCUT2D eigenvalue weighted by Gasteiger charge is 2.27. The highest BCUT2D eigenvalue weighted by atomic mass is 32.2. The number of nitrogens with one attached hydrogen (secondary N) is 1. The Kier molecular flexibility index (Phi) is 5.08. The molecule has 0 saturated heterocycles. The van der Waals surface area contributed by atoms with Crippen LogP contribution in [0.15, 0.2) is 52.6 Å². The van der Waals surface area contributed by atoms with Crippen LogP contribution < -0.4 is 5.32 Å². The average Bonchev–Trinajstić information content (AvgIpc) is 2.60. The van der Waals surface area contributed by atoms with Crippen LogP contribution in [0, 0.1) is 5.82 Å². The molecule has 1 amide bonds. The van der Waals surface area contributed by atoms with Crippen molar-refractivity contribution in [1.82, 2.24) is 4.90 Å². The normalized spacial score (nSPS) is 18.7. The van der Waals surface area contributed by atoms with Gasteiger partial charge in [-0.05, 0) is 37.3 Å². The number of rotatable bonds is 4. The molecule has 1 aromatic rings. The molecule has 0 aliphatic carbocycles. The predicted molar refractivity (Wildman–Crippen MR) is 95.7 cm³/mol. The maximum absolute atomic E-state index is 13.2. The van der Waals surface area contributed by atoms with E-state index >= 15 is 0 Å². The monoisotopic (exact) mass is 393 g/mol. The summed E-state index contributed by atoms with van der Waals surface area (Å²) in [6.45, 7) is 1.55. The van der Waals surface area contributed by atoms with E-state index in [9.17, 15) is 22.4 Å². The summed E-state index contributed by atoms with van der Waals surface area (Å²) in [4.78, 5) is 25.9. The average molecular weight is 393 g/mol. The molecule has 3 rings (SSSR count). The second-order valence-corrected chi connectivity index (χ2v) is 7.65.